The van der Waals surface area contributed by atoms with Crippen LogP contribution in [-0.4, -0.2) is 55.9 Å². The summed E-state index contributed by atoms with van der Waals surface area (Å²) in [7, 11) is 0. The summed E-state index contributed by atoms with van der Waals surface area (Å²) < 4.78 is 0. The Morgan fingerprint density at radius 2 is 1.72 bits per heavy atom. The Bertz CT molecular complexity index is 980. The van der Waals surface area contributed by atoms with Crippen molar-refractivity contribution in [3.8, 4) is 0 Å². The van der Waals surface area contributed by atoms with Gasteiger partial charge in [0.25, 0.3) is 0 Å². The highest BCUT2D eigenvalue weighted by Gasteiger charge is 2.68. The molecule has 0 radical (unpaired) electrons. The largest absolute Gasteiger partial charge is 0.481 e. The first-order valence-electron chi connectivity index (χ1n) is 13.7. The van der Waals surface area contributed by atoms with Crippen LogP contribution in [0.4, 0.5) is 0 Å². The number of rotatable bonds is 5. The zero-order valence-corrected chi connectivity index (χ0v) is 23.3. The minimum Gasteiger partial charge on any atom is -0.481 e. The lowest BCUT2D eigenvalue weighted by Gasteiger charge is -2.69. The number of carboxylic acids is 1. The van der Waals surface area contributed by atoms with Crippen molar-refractivity contribution < 1.29 is 30.3 Å². The van der Waals surface area contributed by atoms with Crippen molar-refractivity contribution >= 4 is 5.97 Å². The summed E-state index contributed by atoms with van der Waals surface area (Å²) in [6.07, 6.45) is 7.18. The van der Waals surface area contributed by atoms with Crippen molar-refractivity contribution in [3.63, 3.8) is 0 Å². The average Bonchev–Trinajstić information content (AvgIpc) is 2.77. The first-order valence-corrected chi connectivity index (χ1v) is 13.7. The van der Waals surface area contributed by atoms with Crippen LogP contribution in [0.2, 0.25) is 0 Å². The number of aliphatic hydroxyl groups is 4. The summed E-state index contributed by atoms with van der Waals surface area (Å²) in [5.74, 6) is -1.53. The Morgan fingerprint density at radius 1 is 1.08 bits per heavy atom. The molecule has 0 unspecified atom stereocenters. The minimum atomic E-state index is -1.44. The summed E-state index contributed by atoms with van der Waals surface area (Å²) in [5.41, 5.74) is -0.799. The third-order valence-corrected chi connectivity index (χ3v) is 11.8. The molecule has 0 aromatic rings. The van der Waals surface area contributed by atoms with Gasteiger partial charge in [-0.1, -0.05) is 59.3 Å². The molecular weight excluding hydrogens is 456 g/mol. The van der Waals surface area contributed by atoms with Crippen LogP contribution in [-0.2, 0) is 4.79 Å². The third kappa shape index (κ3) is 3.69. The number of carbonyl (C=O) groups is 1. The second kappa shape index (κ2) is 8.39. The Morgan fingerprint density at radius 3 is 2.31 bits per heavy atom. The maximum Gasteiger partial charge on any atom is 0.303 e. The van der Waals surface area contributed by atoms with E-state index in [0.29, 0.717) is 12.8 Å². The SMILES string of the molecule is CC1(C)CC2=C3C=C[C@@H]4[C@@](C)(CCC(=O)O)[C@H]([C@@](C)(O)CO)C[C@H](O)[C@@]4(C)[C@]3(C)CC[C@@]2(C)[C@H](O)C1. The van der Waals surface area contributed by atoms with E-state index in [0.717, 1.165) is 25.7 Å². The molecular formula is C30H48O6. The van der Waals surface area contributed by atoms with Crippen LogP contribution >= 0.6 is 0 Å². The summed E-state index contributed by atoms with van der Waals surface area (Å²) in [4.78, 5) is 11.7. The highest BCUT2D eigenvalue weighted by Crippen LogP contribution is 2.72. The summed E-state index contributed by atoms with van der Waals surface area (Å²) in [6, 6.07) is 0. The molecule has 2 fully saturated rings. The Labute approximate surface area is 216 Å². The summed E-state index contributed by atoms with van der Waals surface area (Å²) in [5, 5.41) is 54.1. The zero-order valence-electron chi connectivity index (χ0n) is 23.3. The highest BCUT2D eigenvalue weighted by atomic mass is 16.4. The lowest BCUT2D eigenvalue weighted by molar-refractivity contribution is -0.219. The smallest absolute Gasteiger partial charge is 0.303 e. The molecule has 0 aliphatic heterocycles. The third-order valence-electron chi connectivity index (χ3n) is 11.8. The molecule has 0 amide bonds. The van der Waals surface area contributed by atoms with E-state index < -0.39 is 47.1 Å². The molecule has 0 bridgehead atoms. The van der Waals surface area contributed by atoms with E-state index >= 15 is 0 Å². The van der Waals surface area contributed by atoms with Gasteiger partial charge in [0.1, 0.15) is 0 Å². The lowest BCUT2D eigenvalue weighted by atomic mass is 9.36. The molecule has 0 spiro atoms. The molecule has 5 N–H and O–H groups in total. The second-order valence-corrected chi connectivity index (χ2v) is 14.5. The van der Waals surface area contributed by atoms with E-state index in [1.54, 1.807) is 6.92 Å². The molecule has 6 heteroatoms. The van der Waals surface area contributed by atoms with Crippen molar-refractivity contribution in [2.75, 3.05) is 6.61 Å². The van der Waals surface area contributed by atoms with Gasteiger partial charge in [-0.25, -0.2) is 0 Å². The van der Waals surface area contributed by atoms with Crippen LogP contribution in [0.5, 0.6) is 0 Å². The van der Waals surface area contributed by atoms with Gasteiger partial charge in [-0.05, 0) is 73.7 Å². The number of hydrogen-bond donors (Lipinski definition) is 5. The van der Waals surface area contributed by atoms with E-state index in [-0.39, 0.29) is 28.6 Å². The topological polar surface area (TPSA) is 118 Å². The number of aliphatic carboxylic acids is 1. The molecule has 9 atom stereocenters. The normalized spacial score (nSPS) is 47.4. The van der Waals surface area contributed by atoms with E-state index in [2.05, 4.69) is 46.8 Å². The van der Waals surface area contributed by atoms with Crippen molar-refractivity contribution in [1.82, 2.24) is 0 Å². The van der Waals surface area contributed by atoms with Gasteiger partial charge in [-0.3, -0.25) is 4.79 Å². The first kappa shape index (κ1) is 27.8. The van der Waals surface area contributed by atoms with Crippen molar-refractivity contribution in [1.29, 1.82) is 0 Å². The molecule has 0 heterocycles. The van der Waals surface area contributed by atoms with Crippen LogP contribution in [0.15, 0.2) is 23.3 Å². The first-order chi connectivity index (χ1) is 16.4. The molecule has 2 saturated carbocycles. The molecule has 0 saturated heterocycles. The predicted octanol–water partition coefficient (Wildman–Crippen LogP) is 4.46. The van der Waals surface area contributed by atoms with E-state index in [1.807, 2.05) is 6.92 Å². The number of hydrogen-bond acceptors (Lipinski definition) is 5. The Hall–Kier alpha value is -1.21. The monoisotopic (exact) mass is 504 g/mol. The van der Waals surface area contributed by atoms with Crippen LogP contribution < -0.4 is 0 Å². The highest BCUT2D eigenvalue weighted by molar-refractivity contribution is 5.66. The zero-order chi connectivity index (χ0) is 27.1. The van der Waals surface area contributed by atoms with Crippen LogP contribution in [0.1, 0.15) is 93.4 Å². The fourth-order valence-corrected chi connectivity index (χ4v) is 9.19. The Kier molecular flexibility index (Phi) is 6.49. The fraction of sp³-hybridized carbons (Fsp3) is 0.833. The van der Waals surface area contributed by atoms with Crippen LogP contribution in [0.25, 0.3) is 0 Å². The molecule has 4 rings (SSSR count). The van der Waals surface area contributed by atoms with Gasteiger partial charge in [0, 0.05) is 22.7 Å². The quantitative estimate of drug-likeness (QED) is 0.377. The number of fused-ring (bicyclic) bond motifs is 4. The molecule has 6 nitrogen and oxygen atoms in total. The maximum atomic E-state index is 11.9. The number of aliphatic hydroxyl groups excluding tert-OH is 3. The van der Waals surface area contributed by atoms with Crippen molar-refractivity contribution in [2.45, 2.75) is 111 Å². The molecule has 4 aliphatic carbocycles. The number of allylic oxidation sites excluding steroid dienone is 3. The van der Waals surface area contributed by atoms with Gasteiger partial charge in [-0.15, -0.1) is 0 Å². The van der Waals surface area contributed by atoms with Crippen molar-refractivity contribution in [2.24, 2.45) is 38.9 Å². The molecule has 36 heavy (non-hydrogen) atoms. The molecule has 204 valence electrons. The van der Waals surface area contributed by atoms with Gasteiger partial charge < -0.3 is 25.5 Å². The van der Waals surface area contributed by atoms with E-state index in [1.165, 1.54) is 11.1 Å². The van der Waals surface area contributed by atoms with Gasteiger partial charge >= 0.3 is 5.97 Å². The Balaban J connectivity index is 1.93. The standard InChI is InChI=1S/C30H48O6/c1-25(2)15-19-18-8-9-20-27(4,11-10-24(34)35)21(29(6,36)17-31)14-22(32)30(20,7)28(18,5)13-12-26(19,3)23(33)16-25/h8-9,20-23,31-33,36H,10-17H2,1-7H3,(H,34,35)/t20-,21-,22+,23-,26-,27-,28-,29+,30+/m1/s1. The minimum absolute atomic E-state index is 0.0167. The van der Waals surface area contributed by atoms with E-state index in [9.17, 15) is 30.3 Å². The van der Waals surface area contributed by atoms with Gasteiger partial charge in [0.15, 0.2) is 0 Å². The maximum absolute atomic E-state index is 11.9. The molecule has 0 aromatic heterocycles. The average molecular weight is 505 g/mol. The lowest BCUT2D eigenvalue weighted by Crippen LogP contribution is -2.67. The molecule has 4 aliphatic rings. The van der Waals surface area contributed by atoms with Gasteiger partial charge in [0.05, 0.1) is 24.4 Å². The second-order valence-electron chi connectivity index (χ2n) is 14.5. The summed E-state index contributed by atoms with van der Waals surface area (Å²) in [6.45, 7) is 14.2. The molecule has 0 aromatic carbocycles. The van der Waals surface area contributed by atoms with Crippen LogP contribution in [0, 0.1) is 38.9 Å². The van der Waals surface area contributed by atoms with Gasteiger partial charge in [-0.2, -0.15) is 0 Å². The van der Waals surface area contributed by atoms with Crippen molar-refractivity contribution in [3.05, 3.63) is 23.3 Å². The summed E-state index contributed by atoms with van der Waals surface area (Å²) >= 11 is 0. The van der Waals surface area contributed by atoms with E-state index in [4.69, 9.17) is 0 Å². The fourth-order valence-electron chi connectivity index (χ4n) is 9.19. The van der Waals surface area contributed by atoms with Gasteiger partial charge in [0.2, 0.25) is 0 Å². The number of carboxylic acid groups (broad SMARTS) is 1. The van der Waals surface area contributed by atoms with Crippen LogP contribution in [0.3, 0.4) is 0 Å². The predicted molar refractivity (Wildman–Crippen MR) is 139 cm³/mol.